The summed E-state index contributed by atoms with van der Waals surface area (Å²) in [6, 6.07) is 24.6. The Morgan fingerprint density at radius 3 is 1.32 bits per heavy atom. The van der Waals surface area contributed by atoms with E-state index in [-0.39, 0.29) is 22.5 Å². The summed E-state index contributed by atoms with van der Waals surface area (Å²) >= 11 is 0. The minimum Gasteiger partial charge on any atom is -0.354 e. The lowest BCUT2D eigenvalue weighted by atomic mass is 10.1. The van der Waals surface area contributed by atoms with Crippen molar-refractivity contribution in [3.8, 4) is 0 Å². The van der Waals surface area contributed by atoms with Crippen LogP contribution in [0, 0.1) is 20.2 Å². The Morgan fingerprint density at radius 2 is 0.951 bits per heavy atom. The van der Waals surface area contributed by atoms with Crippen LogP contribution in [-0.2, 0) is 0 Å². The lowest BCUT2D eigenvalue weighted by molar-refractivity contribution is -0.385. The van der Waals surface area contributed by atoms with Crippen LogP contribution in [0.3, 0.4) is 0 Å². The van der Waals surface area contributed by atoms with Crippen molar-refractivity contribution in [2.75, 3.05) is 5.32 Å². The van der Waals surface area contributed by atoms with Gasteiger partial charge in [-0.2, -0.15) is 10.2 Å². The van der Waals surface area contributed by atoms with E-state index in [1.807, 2.05) is 0 Å². The number of carbonyl (C=O) groups is 2. The number of amides is 2. The molecule has 0 aliphatic carbocycles. The van der Waals surface area contributed by atoms with Crippen molar-refractivity contribution in [3.05, 3.63) is 140 Å². The highest BCUT2D eigenvalue weighted by Crippen LogP contribution is 2.24. The van der Waals surface area contributed by atoms with E-state index in [1.54, 1.807) is 48.5 Å². The molecule has 0 aromatic heterocycles. The molecular formula is C28H21N7O6. The lowest BCUT2D eigenvalue weighted by Crippen LogP contribution is -2.20. The molecule has 13 nitrogen and oxygen atoms in total. The van der Waals surface area contributed by atoms with E-state index >= 15 is 0 Å². The molecule has 0 saturated heterocycles. The summed E-state index contributed by atoms with van der Waals surface area (Å²) in [5.74, 6) is -1.05. The molecule has 4 aromatic carbocycles. The van der Waals surface area contributed by atoms with Gasteiger partial charge in [-0.3, -0.25) is 29.8 Å². The molecule has 0 bridgehead atoms. The maximum atomic E-state index is 12.9. The Balaban J connectivity index is 1.43. The van der Waals surface area contributed by atoms with Gasteiger partial charge in [-0.1, -0.05) is 24.3 Å². The van der Waals surface area contributed by atoms with E-state index in [4.69, 9.17) is 0 Å². The van der Waals surface area contributed by atoms with Crippen LogP contribution < -0.4 is 16.2 Å². The third-order valence-electron chi connectivity index (χ3n) is 5.58. The zero-order chi connectivity index (χ0) is 29.2. The number of carbonyl (C=O) groups excluding carboxylic acids is 2. The smallest absolute Gasteiger partial charge is 0.273 e. The van der Waals surface area contributed by atoms with Crippen molar-refractivity contribution in [3.63, 3.8) is 0 Å². The number of anilines is 2. The molecule has 0 aliphatic heterocycles. The first-order valence-electron chi connectivity index (χ1n) is 11.9. The molecule has 0 spiro atoms. The van der Waals surface area contributed by atoms with Crippen molar-refractivity contribution in [1.82, 2.24) is 10.9 Å². The Bertz CT molecular complexity index is 1530. The highest BCUT2D eigenvalue weighted by Gasteiger charge is 2.15. The second-order valence-corrected chi connectivity index (χ2v) is 8.31. The number of hydrazone groups is 2. The number of nitro benzene ring substituents is 2. The quantitative estimate of drug-likeness (QED) is 0.144. The first kappa shape index (κ1) is 27.8. The number of benzene rings is 4. The van der Waals surface area contributed by atoms with Crippen molar-refractivity contribution < 1.29 is 19.4 Å². The summed E-state index contributed by atoms with van der Waals surface area (Å²) in [4.78, 5) is 46.3. The molecule has 41 heavy (non-hydrogen) atoms. The lowest BCUT2D eigenvalue weighted by Gasteiger charge is -2.14. The van der Waals surface area contributed by atoms with Crippen LogP contribution in [0.15, 0.2) is 107 Å². The van der Waals surface area contributed by atoms with Crippen molar-refractivity contribution in [2.45, 2.75) is 0 Å². The van der Waals surface area contributed by atoms with Gasteiger partial charge in [0.25, 0.3) is 23.2 Å². The van der Waals surface area contributed by atoms with E-state index < -0.39 is 21.7 Å². The zero-order valence-corrected chi connectivity index (χ0v) is 21.1. The predicted octanol–water partition coefficient (Wildman–Crippen LogP) is 4.77. The molecule has 0 saturated carbocycles. The summed E-state index contributed by atoms with van der Waals surface area (Å²) in [7, 11) is 0. The summed E-state index contributed by atoms with van der Waals surface area (Å²) in [6.07, 6.45) is 2.71. The highest BCUT2D eigenvalue weighted by molar-refractivity contribution is 6.03. The number of nitrogens with zero attached hydrogens (tertiary/aromatic N) is 4. The fourth-order valence-electron chi connectivity index (χ4n) is 3.54. The first-order valence-corrected chi connectivity index (χ1v) is 11.9. The molecule has 0 unspecified atom stereocenters. The normalized spacial score (nSPS) is 10.8. The summed E-state index contributed by atoms with van der Waals surface area (Å²) in [5.41, 5.74) is 7.15. The first-order chi connectivity index (χ1) is 19.8. The van der Waals surface area contributed by atoms with Crippen LogP contribution in [0.25, 0.3) is 0 Å². The van der Waals surface area contributed by atoms with Crippen molar-refractivity contribution in [2.24, 2.45) is 10.2 Å². The Labute approximate surface area is 232 Å². The maximum absolute atomic E-state index is 12.9. The standard InChI is InChI=1S/C28H21N7O6/c36-27(32-29-17-19-9-13-21(14-10-19)34(38)39)23-5-1-3-7-25(23)31-26-8-4-2-6-24(26)28(37)33-30-18-20-11-15-22(16-12-20)35(40)41/h1-18,31H,(H,32,36)(H,33,37)/b29-17+,30-18+. The van der Waals surface area contributed by atoms with E-state index in [2.05, 4.69) is 26.4 Å². The minimum atomic E-state index is -0.527. The predicted molar refractivity (Wildman–Crippen MR) is 152 cm³/mol. The van der Waals surface area contributed by atoms with Crippen LogP contribution in [-0.4, -0.2) is 34.1 Å². The van der Waals surface area contributed by atoms with E-state index in [1.165, 1.54) is 61.0 Å². The fourth-order valence-corrected chi connectivity index (χ4v) is 3.54. The molecule has 13 heteroatoms. The van der Waals surface area contributed by atoms with Gasteiger partial charge in [0.15, 0.2) is 0 Å². The number of hydrogen-bond acceptors (Lipinski definition) is 9. The van der Waals surface area contributed by atoms with Gasteiger partial charge < -0.3 is 5.32 Å². The molecule has 0 fully saturated rings. The topological polar surface area (TPSA) is 181 Å². The largest absolute Gasteiger partial charge is 0.354 e. The van der Waals surface area contributed by atoms with Gasteiger partial charge in [0, 0.05) is 24.3 Å². The van der Waals surface area contributed by atoms with Crippen molar-refractivity contribution >= 4 is 47.0 Å². The maximum Gasteiger partial charge on any atom is 0.273 e. The molecule has 0 aliphatic rings. The molecule has 204 valence electrons. The van der Waals surface area contributed by atoms with Gasteiger partial charge in [0.05, 0.1) is 44.8 Å². The monoisotopic (exact) mass is 551 g/mol. The molecule has 3 N–H and O–H groups in total. The average molecular weight is 552 g/mol. The number of nitrogens with one attached hydrogen (secondary N) is 3. The second-order valence-electron chi connectivity index (χ2n) is 8.31. The van der Waals surface area contributed by atoms with E-state index in [0.29, 0.717) is 22.5 Å². The Hall–Kier alpha value is -6.24. The molecule has 4 aromatic rings. The third-order valence-corrected chi connectivity index (χ3v) is 5.58. The van der Waals surface area contributed by atoms with E-state index in [0.717, 1.165) is 0 Å². The molecular weight excluding hydrogens is 530 g/mol. The molecule has 0 heterocycles. The van der Waals surface area contributed by atoms with Crippen molar-refractivity contribution in [1.29, 1.82) is 0 Å². The van der Waals surface area contributed by atoms with Gasteiger partial charge >= 0.3 is 0 Å². The van der Waals surface area contributed by atoms with Crippen LogP contribution in [0.4, 0.5) is 22.7 Å². The molecule has 4 rings (SSSR count). The third kappa shape index (κ3) is 7.42. The molecule has 0 atom stereocenters. The van der Waals surface area contributed by atoms with Gasteiger partial charge in [-0.25, -0.2) is 10.9 Å². The van der Waals surface area contributed by atoms with Gasteiger partial charge in [0.1, 0.15) is 0 Å². The highest BCUT2D eigenvalue weighted by atomic mass is 16.6. The van der Waals surface area contributed by atoms with E-state index in [9.17, 15) is 29.8 Å². The summed E-state index contributed by atoms with van der Waals surface area (Å²) < 4.78 is 0. The van der Waals surface area contributed by atoms with Crippen LogP contribution in [0.1, 0.15) is 31.8 Å². The number of rotatable bonds is 10. The zero-order valence-electron chi connectivity index (χ0n) is 21.1. The summed E-state index contributed by atoms with van der Waals surface area (Å²) in [5, 5.41) is 32.5. The second kappa shape index (κ2) is 13.0. The van der Waals surface area contributed by atoms with Crippen LogP contribution in [0.5, 0.6) is 0 Å². The van der Waals surface area contributed by atoms with Gasteiger partial charge in [0.2, 0.25) is 0 Å². The fraction of sp³-hybridized carbons (Fsp3) is 0. The molecule has 0 radical (unpaired) electrons. The number of para-hydroxylation sites is 2. The summed E-state index contributed by atoms with van der Waals surface area (Å²) in [6.45, 7) is 0. The van der Waals surface area contributed by atoms with Crippen LogP contribution >= 0.6 is 0 Å². The number of nitro groups is 2. The SMILES string of the molecule is O=C(N/N=C/c1ccc([N+](=O)[O-])cc1)c1ccccc1Nc1ccccc1C(=O)N/N=C/c1ccc([N+](=O)[O-])cc1. The molecule has 2 amide bonds. The Kier molecular flexibility index (Phi) is 8.82. The van der Waals surface area contributed by atoms with Gasteiger partial charge in [-0.15, -0.1) is 0 Å². The van der Waals surface area contributed by atoms with Crippen LogP contribution in [0.2, 0.25) is 0 Å². The Morgan fingerprint density at radius 1 is 0.585 bits per heavy atom. The minimum absolute atomic E-state index is 0.0588. The average Bonchev–Trinajstić information content (AvgIpc) is 2.98. The van der Waals surface area contributed by atoms with Gasteiger partial charge in [-0.05, 0) is 59.7 Å². The number of hydrogen-bond donors (Lipinski definition) is 3. The number of non-ortho nitro benzene ring substituents is 2.